The number of para-hydroxylation sites is 4. The van der Waals surface area contributed by atoms with Gasteiger partial charge < -0.3 is 9.80 Å². The van der Waals surface area contributed by atoms with Crippen molar-refractivity contribution in [1.29, 1.82) is 0 Å². The minimum absolute atomic E-state index is 0.120. The average molecular weight is 795 g/mol. The maximum Gasteiger partial charge on any atom is 0.0579 e. The molecule has 9 aromatic rings. The van der Waals surface area contributed by atoms with E-state index in [1.165, 1.54) is 54.7 Å². The van der Waals surface area contributed by atoms with Crippen molar-refractivity contribution in [1.82, 2.24) is 0 Å². The van der Waals surface area contributed by atoms with Crippen molar-refractivity contribution in [2.75, 3.05) is 9.80 Å². The van der Waals surface area contributed by atoms with Gasteiger partial charge in [0.25, 0.3) is 0 Å². The zero-order valence-electron chi connectivity index (χ0n) is 34.9. The molecule has 1 aliphatic carbocycles. The fourth-order valence-corrected chi connectivity index (χ4v) is 24.1. The molecule has 0 aliphatic heterocycles. The van der Waals surface area contributed by atoms with Crippen LogP contribution in [0.1, 0.15) is 11.1 Å². The molecular formula is C55H50N2Si2. The van der Waals surface area contributed by atoms with Crippen LogP contribution in [0.3, 0.4) is 0 Å². The van der Waals surface area contributed by atoms with Crippen molar-refractivity contribution in [3.05, 3.63) is 205 Å². The highest BCUT2D eigenvalue weighted by molar-refractivity contribution is 7.00. The van der Waals surface area contributed by atoms with Crippen LogP contribution in [0.5, 0.6) is 0 Å². The van der Waals surface area contributed by atoms with Gasteiger partial charge in [0, 0.05) is 38.5 Å². The smallest absolute Gasteiger partial charge is 0.0579 e. The Morgan fingerprint density at radius 1 is 0.322 bits per heavy atom. The molecule has 0 radical (unpaired) electrons. The number of nitrogens with zero attached hydrogens (tertiary/aromatic N) is 2. The first-order valence-corrected chi connectivity index (χ1v) is 28.0. The lowest BCUT2D eigenvalue weighted by Gasteiger charge is -2.52. The van der Waals surface area contributed by atoms with E-state index >= 15 is 0 Å². The van der Waals surface area contributed by atoms with Crippen LogP contribution in [-0.2, 0) is 4.66 Å². The van der Waals surface area contributed by atoms with Crippen LogP contribution in [0.15, 0.2) is 194 Å². The molecule has 4 heteroatoms. The van der Waals surface area contributed by atoms with Crippen LogP contribution < -0.4 is 9.80 Å². The van der Waals surface area contributed by atoms with Gasteiger partial charge in [-0.3, -0.25) is 0 Å². The number of hydrogen-bond acceptors (Lipinski definition) is 2. The predicted octanol–water partition coefficient (Wildman–Crippen LogP) is 16.1. The van der Waals surface area contributed by atoms with E-state index in [0.717, 1.165) is 28.4 Å². The second-order valence-electron chi connectivity index (χ2n) is 18.2. The maximum absolute atomic E-state index is 2.65. The molecule has 0 aromatic heterocycles. The SMILES string of the molecule is C[Si](C)(C)C1([Si](C)(C)C)c2cc(N(c3ccccc3)c3ccccc3)c3ccccc3c2-c2c1c1ccc(N(c3ccccc3)c3ccccc3)cc1c1ccccc21. The van der Waals surface area contributed by atoms with E-state index in [2.05, 4.69) is 243 Å². The van der Waals surface area contributed by atoms with Gasteiger partial charge in [0.2, 0.25) is 0 Å². The van der Waals surface area contributed by atoms with Crippen molar-refractivity contribution < 1.29 is 0 Å². The van der Waals surface area contributed by atoms with E-state index in [-0.39, 0.29) is 4.66 Å². The highest BCUT2D eigenvalue weighted by Gasteiger charge is 2.60. The van der Waals surface area contributed by atoms with Gasteiger partial charge in [-0.05, 0) is 116 Å². The van der Waals surface area contributed by atoms with Crippen LogP contribution in [0.4, 0.5) is 34.1 Å². The normalized spacial score (nSPS) is 13.4. The van der Waals surface area contributed by atoms with Gasteiger partial charge in [-0.2, -0.15) is 0 Å². The molecule has 10 rings (SSSR count). The summed E-state index contributed by atoms with van der Waals surface area (Å²) in [5.41, 5.74) is 13.0. The Bertz CT molecular complexity index is 2910. The number of anilines is 6. The van der Waals surface area contributed by atoms with E-state index in [9.17, 15) is 0 Å². The molecule has 288 valence electrons. The first-order valence-electron chi connectivity index (χ1n) is 21.0. The zero-order valence-corrected chi connectivity index (χ0v) is 36.9. The summed E-state index contributed by atoms with van der Waals surface area (Å²) in [5, 5.41) is 7.96. The summed E-state index contributed by atoms with van der Waals surface area (Å²) >= 11 is 0. The summed E-state index contributed by atoms with van der Waals surface area (Å²) in [6.07, 6.45) is 0. The highest BCUT2D eigenvalue weighted by Crippen LogP contribution is 2.64. The third kappa shape index (κ3) is 5.65. The van der Waals surface area contributed by atoms with Crippen LogP contribution in [0.25, 0.3) is 43.4 Å². The van der Waals surface area contributed by atoms with Crippen LogP contribution in [0, 0.1) is 0 Å². The minimum atomic E-state index is -2.13. The zero-order chi connectivity index (χ0) is 40.5. The highest BCUT2D eigenvalue weighted by atomic mass is 28.4. The second kappa shape index (κ2) is 14.0. The molecule has 0 unspecified atom stereocenters. The lowest BCUT2D eigenvalue weighted by atomic mass is 9.89. The summed E-state index contributed by atoms with van der Waals surface area (Å²) in [7, 11) is -4.26. The van der Waals surface area contributed by atoms with Gasteiger partial charge in [0.1, 0.15) is 0 Å². The minimum Gasteiger partial charge on any atom is -0.310 e. The molecule has 1 aliphatic rings. The van der Waals surface area contributed by atoms with Gasteiger partial charge in [0.05, 0.1) is 21.8 Å². The summed E-state index contributed by atoms with van der Waals surface area (Å²) in [6, 6.07) is 72.0. The van der Waals surface area contributed by atoms with Gasteiger partial charge in [0.15, 0.2) is 0 Å². The van der Waals surface area contributed by atoms with Crippen molar-refractivity contribution >= 4 is 82.6 Å². The van der Waals surface area contributed by atoms with E-state index in [1.807, 2.05) is 0 Å². The molecule has 0 N–H and O–H groups in total. The van der Waals surface area contributed by atoms with Crippen LogP contribution >= 0.6 is 0 Å². The molecule has 0 saturated heterocycles. The average Bonchev–Trinajstić information content (AvgIpc) is 3.59. The Morgan fingerprint density at radius 3 is 1.20 bits per heavy atom. The molecule has 0 atom stereocenters. The van der Waals surface area contributed by atoms with Crippen molar-refractivity contribution in [2.45, 2.75) is 43.9 Å². The summed E-state index contributed by atoms with van der Waals surface area (Å²) < 4.78 is -0.120. The maximum atomic E-state index is 2.65. The second-order valence-corrected chi connectivity index (χ2v) is 29.2. The number of hydrogen-bond donors (Lipinski definition) is 0. The van der Waals surface area contributed by atoms with E-state index in [0.29, 0.717) is 0 Å². The lowest BCUT2D eigenvalue weighted by Crippen LogP contribution is -2.63. The summed E-state index contributed by atoms with van der Waals surface area (Å²) in [5.74, 6) is 0. The molecule has 0 bridgehead atoms. The van der Waals surface area contributed by atoms with Gasteiger partial charge in [-0.15, -0.1) is 0 Å². The molecule has 2 nitrogen and oxygen atoms in total. The third-order valence-corrected chi connectivity index (χ3v) is 22.9. The van der Waals surface area contributed by atoms with Gasteiger partial charge >= 0.3 is 0 Å². The van der Waals surface area contributed by atoms with Gasteiger partial charge in [-0.1, -0.05) is 167 Å². The topological polar surface area (TPSA) is 6.48 Å². The van der Waals surface area contributed by atoms with E-state index in [1.54, 1.807) is 5.56 Å². The van der Waals surface area contributed by atoms with E-state index < -0.39 is 16.1 Å². The van der Waals surface area contributed by atoms with Crippen molar-refractivity contribution in [3.8, 4) is 11.1 Å². The predicted molar refractivity (Wildman–Crippen MR) is 261 cm³/mol. The Hall–Kier alpha value is -6.21. The monoisotopic (exact) mass is 794 g/mol. The Kier molecular flexibility index (Phi) is 8.78. The van der Waals surface area contributed by atoms with E-state index in [4.69, 9.17) is 0 Å². The van der Waals surface area contributed by atoms with Gasteiger partial charge in [-0.25, -0.2) is 0 Å². The quantitative estimate of drug-likeness (QED) is 0.112. The molecular weight excluding hydrogens is 745 g/mol. The number of benzene rings is 9. The first kappa shape index (κ1) is 37.1. The number of fused-ring (bicyclic) bond motifs is 10. The Morgan fingerprint density at radius 2 is 0.729 bits per heavy atom. The largest absolute Gasteiger partial charge is 0.310 e. The molecule has 0 amide bonds. The Balaban J connectivity index is 1.36. The fourth-order valence-electron chi connectivity index (χ4n) is 11.1. The molecule has 0 saturated carbocycles. The number of rotatable bonds is 8. The van der Waals surface area contributed by atoms with Crippen molar-refractivity contribution in [3.63, 3.8) is 0 Å². The fraction of sp³-hybridized carbons (Fsp3) is 0.127. The lowest BCUT2D eigenvalue weighted by molar-refractivity contribution is 0.963. The Labute approximate surface area is 351 Å². The molecule has 0 spiro atoms. The molecule has 0 heterocycles. The summed E-state index contributed by atoms with van der Waals surface area (Å²) in [6.45, 7) is 15.9. The van der Waals surface area contributed by atoms with Crippen LogP contribution in [0.2, 0.25) is 39.3 Å². The molecule has 0 fully saturated rings. The standard InChI is InChI=1S/C55H50N2Si2/c1-58(2,3)55(59(4,5)6)50-38-51(57(41-27-15-9-16-28-41)42-29-17-10-18-30-42)45-32-20-22-34-47(45)52(50)53-46-33-21-19-31-44(46)49-37-43(35-36-48(49)54(53)55)56(39-23-11-7-12-24-39)40-25-13-8-14-26-40/h7-38H,1-6H3. The molecule has 9 aromatic carbocycles. The van der Waals surface area contributed by atoms with Crippen molar-refractivity contribution in [2.24, 2.45) is 0 Å². The first-order chi connectivity index (χ1) is 28.6. The summed E-state index contributed by atoms with van der Waals surface area (Å²) in [4.78, 5) is 4.90. The molecule has 59 heavy (non-hydrogen) atoms. The third-order valence-electron chi connectivity index (χ3n) is 12.9. The van der Waals surface area contributed by atoms with Crippen LogP contribution in [-0.4, -0.2) is 16.1 Å².